The highest BCUT2D eigenvalue weighted by Crippen LogP contribution is 2.40. The van der Waals surface area contributed by atoms with Crippen molar-refractivity contribution in [1.29, 1.82) is 0 Å². The summed E-state index contributed by atoms with van der Waals surface area (Å²) in [6.45, 7) is 3.66. The Bertz CT molecular complexity index is 1260. The summed E-state index contributed by atoms with van der Waals surface area (Å²) in [5.41, 5.74) is 0.772. The number of aliphatic hydroxyl groups is 1. The summed E-state index contributed by atoms with van der Waals surface area (Å²) in [7, 11) is 0. The third-order valence-corrected chi connectivity index (χ3v) is 5.08. The first kappa shape index (κ1) is 15.3. The zero-order chi connectivity index (χ0) is 18.2. The fourth-order valence-corrected chi connectivity index (χ4v) is 3.56. The summed E-state index contributed by atoms with van der Waals surface area (Å²) in [5, 5.41) is 21.5. The highest BCUT2D eigenvalue weighted by Gasteiger charge is 2.36. The maximum atomic E-state index is 12.5. The van der Waals surface area contributed by atoms with Gasteiger partial charge < -0.3 is 23.8 Å². The maximum Gasteiger partial charge on any atom is 0.348 e. The van der Waals surface area contributed by atoms with Crippen LogP contribution in [0.5, 0.6) is 11.5 Å². The first-order valence-corrected chi connectivity index (χ1v) is 8.35. The molecule has 0 amide bonds. The third kappa shape index (κ3) is 1.99. The monoisotopic (exact) mass is 352 g/mol. The van der Waals surface area contributed by atoms with Crippen molar-refractivity contribution >= 4 is 32.9 Å². The smallest absolute Gasteiger partial charge is 0.348 e. The molecule has 0 fully saturated rings. The molecule has 0 bridgehead atoms. The lowest BCUT2D eigenvalue weighted by atomic mass is 9.90. The molecule has 0 radical (unpaired) electrons. The van der Waals surface area contributed by atoms with Crippen LogP contribution in [0.2, 0.25) is 0 Å². The second-order valence-corrected chi connectivity index (χ2v) is 7.26. The van der Waals surface area contributed by atoms with Gasteiger partial charge in [-0.05, 0) is 37.6 Å². The van der Waals surface area contributed by atoms with E-state index in [1.165, 1.54) is 12.1 Å². The predicted molar refractivity (Wildman–Crippen MR) is 95.8 cm³/mol. The van der Waals surface area contributed by atoms with Crippen LogP contribution >= 0.6 is 0 Å². The van der Waals surface area contributed by atoms with E-state index in [0.717, 1.165) is 5.56 Å². The van der Waals surface area contributed by atoms with Crippen molar-refractivity contribution in [3.8, 4) is 11.5 Å². The van der Waals surface area contributed by atoms with E-state index in [9.17, 15) is 15.0 Å². The zero-order valence-electron chi connectivity index (χ0n) is 14.2. The normalized spacial score (nSPS) is 19.0. The number of phenols is 1. The highest BCUT2D eigenvalue weighted by atomic mass is 16.5. The molecule has 1 aliphatic heterocycles. The van der Waals surface area contributed by atoms with Gasteiger partial charge >= 0.3 is 5.63 Å². The molecule has 1 atom stereocenters. The van der Waals surface area contributed by atoms with Gasteiger partial charge in [-0.3, -0.25) is 0 Å². The van der Waals surface area contributed by atoms with Crippen molar-refractivity contribution in [2.75, 3.05) is 0 Å². The second kappa shape index (κ2) is 4.80. The standard InChI is InChI=1S/C20H16O6/c1-20(2)16(22)6-9-5-12-15(8-13(9)26-20)24-18-11-4-3-10(21)7-14(11)25-19(23)17(12)18/h3-5,7-8,16,21-22H,6H2,1-2H3/t16-/m1/s1. The first-order valence-electron chi connectivity index (χ1n) is 8.35. The van der Waals surface area contributed by atoms with Crippen molar-refractivity contribution in [1.82, 2.24) is 0 Å². The van der Waals surface area contributed by atoms with Gasteiger partial charge in [0.25, 0.3) is 0 Å². The Morgan fingerprint density at radius 3 is 2.65 bits per heavy atom. The molecule has 2 aromatic carbocycles. The molecule has 26 heavy (non-hydrogen) atoms. The second-order valence-electron chi connectivity index (χ2n) is 7.26. The predicted octanol–water partition coefficient (Wildman–Crippen LogP) is 3.47. The maximum absolute atomic E-state index is 12.5. The molecule has 132 valence electrons. The van der Waals surface area contributed by atoms with Crippen LogP contribution < -0.4 is 10.4 Å². The van der Waals surface area contributed by atoms with Gasteiger partial charge in [-0.2, -0.15) is 0 Å². The number of ether oxygens (including phenoxy) is 1. The SMILES string of the molecule is CC1(C)Oc2cc3oc4c5ccc(O)cc5oc(=O)c4c3cc2C[C@H]1O. The van der Waals surface area contributed by atoms with Crippen LogP contribution in [-0.4, -0.2) is 21.9 Å². The molecule has 0 saturated carbocycles. The van der Waals surface area contributed by atoms with Crippen LogP contribution in [0.4, 0.5) is 0 Å². The van der Waals surface area contributed by atoms with Crippen molar-refractivity contribution in [2.45, 2.75) is 32.0 Å². The number of aliphatic hydroxyl groups excluding tert-OH is 1. The van der Waals surface area contributed by atoms with Gasteiger partial charge in [0.05, 0.1) is 11.5 Å². The summed E-state index contributed by atoms with van der Waals surface area (Å²) in [4.78, 5) is 12.5. The van der Waals surface area contributed by atoms with Gasteiger partial charge in [-0.25, -0.2) is 4.79 Å². The van der Waals surface area contributed by atoms with E-state index in [0.29, 0.717) is 39.5 Å². The van der Waals surface area contributed by atoms with Gasteiger partial charge in [0.2, 0.25) is 0 Å². The van der Waals surface area contributed by atoms with Crippen LogP contribution in [0.3, 0.4) is 0 Å². The van der Waals surface area contributed by atoms with Crippen LogP contribution in [0.25, 0.3) is 32.9 Å². The summed E-state index contributed by atoms with van der Waals surface area (Å²) >= 11 is 0. The van der Waals surface area contributed by atoms with Crippen molar-refractivity contribution < 1.29 is 23.8 Å². The van der Waals surface area contributed by atoms with E-state index in [1.807, 2.05) is 19.9 Å². The largest absolute Gasteiger partial charge is 0.508 e. The van der Waals surface area contributed by atoms with E-state index in [2.05, 4.69) is 0 Å². The lowest BCUT2D eigenvalue weighted by Crippen LogP contribution is -2.46. The molecule has 1 aliphatic rings. The molecule has 0 spiro atoms. The van der Waals surface area contributed by atoms with Gasteiger partial charge in [-0.1, -0.05) is 0 Å². The van der Waals surface area contributed by atoms with Crippen LogP contribution in [0.15, 0.2) is 44.0 Å². The van der Waals surface area contributed by atoms with Gasteiger partial charge in [-0.15, -0.1) is 0 Å². The highest BCUT2D eigenvalue weighted by molar-refractivity contribution is 6.13. The van der Waals surface area contributed by atoms with Gasteiger partial charge in [0.15, 0.2) is 5.58 Å². The fourth-order valence-electron chi connectivity index (χ4n) is 3.56. The minimum Gasteiger partial charge on any atom is -0.508 e. The molecular formula is C20H16O6. The minimum atomic E-state index is -0.698. The number of aromatic hydroxyl groups is 1. The lowest BCUT2D eigenvalue weighted by molar-refractivity contribution is -0.0410. The Kier molecular flexibility index (Phi) is 2.82. The van der Waals surface area contributed by atoms with Crippen LogP contribution in [0.1, 0.15) is 19.4 Å². The Morgan fingerprint density at radius 1 is 1.08 bits per heavy atom. The molecule has 4 aromatic rings. The van der Waals surface area contributed by atoms with Crippen LogP contribution in [0, 0.1) is 0 Å². The van der Waals surface area contributed by atoms with E-state index < -0.39 is 17.3 Å². The van der Waals surface area contributed by atoms with Gasteiger partial charge in [0, 0.05) is 23.9 Å². The van der Waals surface area contributed by atoms with E-state index >= 15 is 0 Å². The number of benzene rings is 2. The minimum absolute atomic E-state index is 0.0104. The molecule has 0 aliphatic carbocycles. The third-order valence-electron chi connectivity index (χ3n) is 5.08. The molecule has 2 N–H and O–H groups in total. The molecule has 6 nitrogen and oxygen atoms in total. The Hall–Kier alpha value is -2.99. The average Bonchev–Trinajstić information content (AvgIpc) is 2.92. The molecule has 5 rings (SSSR count). The van der Waals surface area contributed by atoms with E-state index in [1.54, 1.807) is 12.1 Å². The topological polar surface area (TPSA) is 93.0 Å². The van der Waals surface area contributed by atoms with Crippen molar-refractivity contribution in [3.05, 3.63) is 46.3 Å². The number of phenolic OH excluding ortho intramolecular Hbond substituents is 1. The fraction of sp³-hybridized carbons (Fsp3) is 0.250. The lowest BCUT2D eigenvalue weighted by Gasteiger charge is -2.36. The summed E-state index contributed by atoms with van der Waals surface area (Å²) in [5.74, 6) is 0.648. The molecule has 6 heteroatoms. The van der Waals surface area contributed by atoms with Gasteiger partial charge in [0.1, 0.15) is 33.7 Å². The average molecular weight is 352 g/mol. The van der Waals surface area contributed by atoms with E-state index in [4.69, 9.17) is 13.6 Å². The van der Waals surface area contributed by atoms with Crippen molar-refractivity contribution in [3.63, 3.8) is 0 Å². The number of hydrogen-bond acceptors (Lipinski definition) is 6. The molecule has 0 saturated heterocycles. The molecular weight excluding hydrogens is 336 g/mol. The number of furan rings is 1. The Morgan fingerprint density at radius 2 is 1.85 bits per heavy atom. The molecule has 0 unspecified atom stereocenters. The van der Waals surface area contributed by atoms with Crippen LogP contribution in [-0.2, 0) is 6.42 Å². The number of fused-ring (bicyclic) bond motifs is 6. The summed E-state index contributed by atoms with van der Waals surface area (Å²) in [6, 6.07) is 8.13. The zero-order valence-corrected chi connectivity index (χ0v) is 14.2. The van der Waals surface area contributed by atoms with Crippen molar-refractivity contribution in [2.24, 2.45) is 0 Å². The molecule has 3 heterocycles. The molecule has 2 aromatic heterocycles. The Labute approximate surface area is 147 Å². The summed E-state index contributed by atoms with van der Waals surface area (Å²) in [6.07, 6.45) is -0.219. The number of rotatable bonds is 0. The number of hydrogen-bond donors (Lipinski definition) is 2. The summed E-state index contributed by atoms with van der Waals surface area (Å²) < 4.78 is 17.3. The first-order chi connectivity index (χ1) is 12.3. The Balaban J connectivity index is 1.87. The quantitative estimate of drug-likeness (QED) is 0.471. The van der Waals surface area contributed by atoms with E-state index in [-0.39, 0.29) is 11.3 Å².